The van der Waals surface area contributed by atoms with E-state index in [0.717, 1.165) is 64.2 Å². The van der Waals surface area contributed by atoms with Crippen molar-refractivity contribution in [1.82, 2.24) is 0 Å². The standard InChI is InChI=1S/C69H126NO8P/c1-3-5-7-9-11-13-15-17-19-21-23-24-25-26-27-28-29-30-31-32-33-34-35-36-37-38-39-40-41-42-44-46-48-50-52-54-56-58-60-62-69(72)78-67(66-77-79(73,74)76-64-63-70)65-75-68(71)61-59-57-55-53-51-49-47-45-43-22-20-18-16-14-12-10-8-6-4-2/h5,7,11-14,17-20,23-24,67H,3-4,6,8-10,15-16,21-22,25-66,70H2,1-2H3,(H,73,74)/b7-5-,13-11-,14-12-,19-17-,20-18-,24-23-. The van der Waals surface area contributed by atoms with Gasteiger partial charge in [0.05, 0.1) is 13.2 Å². The number of hydrogen-bond acceptors (Lipinski definition) is 8. The van der Waals surface area contributed by atoms with Crippen LogP contribution in [0.25, 0.3) is 0 Å². The van der Waals surface area contributed by atoms with E-state index in [0.29, 0.717) is 6.42 Å². The maximum Gasteiger partial charge on any atom is 0.472 e. The number of phosphoric ester groups is 1. The Bertz CT molecular complexity index is 1520. The third-order valence-electron chi connectivity index (χ3n) is 14.6. The predicted octanol–water partition coefficient (Wildman–Crippen LogP) is 21.6. The molecule has 79 heavy (non-hydrogen) atoms. The van der Waals surface area contributed by atoms with Gasteiger partial charge in [0.15, 0.2) is 6.10 Å². The zero-order chi connectivity index (χ0) is 57.3. The Balaban J connectivity index is 3.78. The van der Waals surface area contributed by atoms with Crippen molar-refractivity contribution < 1.29 is 37.6 Å². The molecule has 460 valence electrons. The number of carbonyl (C=O) groups excluding carboxylic acids is 2. The molecule has 0 bridgehead atoms. The van der Waals surface area contributed by atoms with E-state index in [1.165, 1.54) is 225 Å². The van der Waals surface area contributed by atoms with Crippen molar-refractivity contribution in [3.05, 3.63) is 72.9 Å². The van der Waals surface area contributed by atoms with E-state index in [1.807, 2.05) is 0 Å². The van der Waals surface area contributed by atoms with Gasteiger partial charge in [-0.2, -0.15) is 0 Å². The summed E-state index contributed by atoms with van der Waals surface area (Å²) < 4.78 is 33.1. The molecular formula is C69H126NO8P. The van der Waals surface area contributed by atoms with E-state index >= 15 is 0 Å². The van der Waals surface area contributed by atoms with Crippen LogP contribution in [0.4, 0.5) is 0 Å². The Morgan fingerprint density at radius 3 is 1.04 bits per heavy atom. The SMILES string of the molecule is CC/C=C\C/C=C\C/C=C\C/C=C\CCCCCCCCCCCCCCCCCCCCCCCCCCCCC(=O)OC(COC(=O)CCCCCCCCCCC/C=C\C/C=C\CCCCC)COP(=O)(O)OCCN. The van der Waals surface area contributed by atoms with Gasteiger partial charge in [0, 0.05) is 19.4 Å². The van der Waals surface area contributed by atoms with Gasteiger partial charge < -0.3 is 20.1 Å². The Labute approximate surface area is 488 Å². The van der Waals surface area contributed by atoms with E-state index < -0.39 is 26.5 Å². The van der Waals surface area contributed by atoms with Crippen molar-refractivity contribution in [2.45, 2.75) is 328 Å². The summed E-state index contributed by atoms with van der Waals surface area (Å²) in [6, 6.07) is 0. The zero-order valence-electron chi connectivity index (χ0n) is 51.6. The Hall–Kier alpha value is -2.55. The number of unbranched alkanes of at least 4 members (excludes halogenated alkanes) is 38. The summed E-state index contributed by atoms with van der Waals surface area (Å²) in [5, 5.41) is 0. The van der Waals surface area contributed by atoms with Crippen LogP contribution >= 0.6 is 7.82 Å². The number of hydrogen-bond donors (Lipinski definition) is 2. The van der Waals surface area contributed by atoms with Crippen molar-refractivity contribution in [3.8, 4) is 0 Å². The first-order valence-corrected chi connectivity index (χ1v) is 34.9. The van der Waals surface area contributed by atoms with Crippen molar-refractivity contribution in [3.63, 3.8) is 0 Å². The van der Waals surface area contributed by atoms with E-state index in [1.54, 1.807) is 0 Å². The molecule has 2 unspecified atom stereocenters. The molecule has 0 saturated carbocycles. The van der Waals surface area contributed by atoms with E-state index in [-0.39, 0.29) is 38.6 Å². The highest BCUT2D eigenvalue weighted by molar-refractivity contribution is 7.47. The van der Waals surface area contributed by atoms with Crippen LogP contribution < -0.4 is 5.73 Å². The minimum absolute atomic E-state index is 0.0530. The summed E-state index contributed by atoms with van der Waals surface area (Å²) in [4.78, 5) is 35.3. The molecule has 0 radical (unpaired) electrons. The minimum Gasteiger partial charge on any atom is -0.462 e. The number of carbonyl (C=O) groups is 2. The van der Waals surface area contributed by atoms with Gasteiger partial charge in [-0.15, -0.1) is 0 Å². The van der Waals surface area contributed by atoms with Gasteiger partial charge >= 0.3 is 19.8 Å². The molecule has 0 aliphatic heterocycles. The van der Waals surface area contributed by atoms with Crippen molar-refractivity contribution in [2.24, 2.45) is 5.73 Å². The largest absolute Gasteiger partial charge is 0.472 e. The number of rotatable bonds is 63. The van der Waals surface area contributed by atoms with Crippen molar-refractivity contribution in [2.75, 3.05) is 26.4 Å². The molecule has 0 amide bonds. The maximum absolute atomic E-state index is 12.7. The second-order valence-electron chi connectivity index (χ2n) is 22.3. The molecule has 2 atom stereocenters. The van der Waals surface area contributed by atoms with Gasteiger partial charge in [0.2, 0.25) is 0 Å². The van der Waals surface area contributed by atoms with Gasteiger partial charge in [0.25, 0.3) is 0 Å². The molecule has 3 N–H and O–H groups in total. The third-order valence-corrected chi connectivity index (χ3v) is 15.6. The number of allylic oxidation sites excluding steroid dienone is 12. The average molecular weight is 1130 g/mol. The highest BCUT2D eigenvalue weighted by Crippen LogP contribution is 2.43. The van der Waals surface area contributed by atoms with Gasteiger partial charge in [-0.1, -0.05) is 299 Å². The lowest BCUT2D eigenvalue weighted by molar-refractivity contribution is -0.161. The van der Waals surface area contributed by atoms with E-state index in [9.17, 15) is 19.0 Å². The first kappa shape index (κ1) is 76.5. The third kappa shape index (κ3) is 64.5. The smallest absolute Gasteiger partial charge is 0.462 e. The number of ether oxygens (including phenoxy) is 2. The van der Waals surface area contributed by atoms with Gasteiger partial charge in [0.1, 0.15) is 6.61 Å². The summed E-state index contributed by atoms with van der Waals surface area (Å²) in [5.41, 5.74) is 5.39. The Morgan fingerprint density at radius 1 is 0.392 bits per heavy atom. The van der Waals surface area contributed by atoms with Crippen LogP contribution in [0.1, 0.15) is 322 Å². The van der Waals surface area contributed by atoms with Crippen LogP contribution in [-0.2, 0) is 32.7 Å². The van der Waals surface area contributed by atoms with Crippen LogP contribution in [0.3, 0.4) is 0 Å². The number of phosphoric acid groups is 1. The fourth-order valence-corrected chi connectivity index (χ4v) is 10.4. The lowest BCUT2D eigenvalue weighted by Crippen LogP contribution is -2.29. The molecule has 0 saturated heterocycles. The molecule has 0 aromatic heterocycles. The van der Waals surface area contributed by atoms with Crippen molar-refractivity contribution in [1.29, 1.82) is 0 Å². The van der Waals surface area contributed by atoms with E-state index in [4.69, 9.17) is 24.3 Å². The van der Waals surface area contributed by atoms with Gasteiger partial charge in [-0.3, -0.25) is 18.6 Å². The Morgan fingerprint density at radius 2 is 0.696 bits per heavy atom. The quantitative estimate of drug-likeness (QED) is 0.0264. The van der Waals surface area contributed by atoms with Crippen LogP contribution in [0.15, 0.2) is 72.9 Å². The Kier molecular flexibility index (Phi) is 62.5. The second-order valence-corrected chi connectivity index (χ2v) is 23.8. The predicted molar refractivity (Wildman–Crippen MR) is 339 cm³/mol. The summed E-state index contributed by atoms with van der Waals surface area (Å²) >= 11 is 0. The molecule has 0 fully saturated rings. The summed E-state index contributed by atoms with van der Waals surface area (Å²) in [6.45, 7) is 3.64. The number of nitrogens with two attached hydrogens (primary N) is 1. The topological polar surface area (TPSA) is 134 Å². The van der Waals surface area contributed by atoms with Gasteiger partial charge in [-0.25, -0.2) is 4.57 Å². The molecule has 0 rings (SSSR count). The lowest BCUT2D eigenvalue weighted by atomic mass is 10.0. The molecular weight excluding hydrogens is 1000 g/mol. The molecule has 0 aromatic rings. The number of esters is 2. The van der Waals surface area contributed by atoms with Crippen molar-refractivity contribution >= 4 is 19.8 Å². The molecule has 9 nitrogen and oxygen atoms in total. The molecule has 0 aliphatic carbocycles. The summed E-state index contributed by atoms with van der Waals surface area (Å²) in [6.07, 6.45) is 84.3. The molecule has 0 aromatic carbocycles. The molecule has 0 aliphatic rings. The fraction of sp³-hybridized carbons (Fsp3) is 0.797. The minimum atomic E-state index is -4.39. The highest BCUT2D eigenvalue weighted by Gasteiger charge is 2.26. The first-order valence-electron chi connectivity index (χ1n) is 33.4. The zero-order valence-corrected chi connectivity index (χ0v) is 52.5. The van der Waals surface area contributed by atoms with Crippen LogP contribution in [0.2, 0.25) is 0 Å². The second kappa shape index (κ2) is 64.6. The maximum atomic E-state index is 12.7. The molecule has 0 spiro atoms. The molecule has 0 heterocycles. The normalized spacial score (nSPS) is 13.4. The van der Waals surface area contributed by atoms with Gasteiger partial charge in [-0.05, 0) is 83.5 Å². The van der Waals surface area contributed by atoms with Crippen LogP contribution in [0.5, 0.6) is 0 Å². The van der Waals surface area contributed by atoms with Crippen LogP contribution in [-0.4, -0.2) is 49.3 Å². The monoisotopic (exact) mass is 1130 g/mol. The lowest BCUT2D eigenvalue weighted by Gasteiger charge is -2.19. The van der Waals surface area contributed by atoms with Crippen LogP contribution in [0, 0.1) is 0 Å². The van der Waals surface area contributed by atoms with E-state index in [2.05, 4.69) is 86.8 Å². The first-order chi connectivity index (χ1) is 38.8. The fourth-order valence-electron chi connectivity index (χ4n) is 9.66. The summed E-state index contributed by atoms with van der Waals surface area (Å²) in [7, 11) is -4.39. The average Bonchev–Trinajstić information content (AvgIpc) is 3.44. The molecule has 10 heteroatoms. The summed E-state index contributed by atoms with van der Waals surface area (Å²) in [5.74, 6) is -0.819. The highest BCUT2D eigenvalue weighted by atomic mass is 31.2.